The lowest BCUT2D eigenvalue weighted by Crippen LogP contribution is -2.33. The number of anilines is 1. The number of nitrogens with zero attached hydrogens (tertiary/aromatic N) is 2. The SMILES string of the molecule is COC(=O)c1ccc(C(=O)Nc2nc(CN3CCCC(C)C3)cs2)cc1. The Balaban J connectivity index is 1.58. The van der Waals surface area contributed by atoms with Crippen LogP contribution in [0.2, 0.25) is 0 Å². The second-order valence-electron chi connectivity index (χ2n) is 6.65. The predicted octanol–water partition coefficient (Wildman–Crippen LogP) is 3.41. The van der Waals surface area contributed by atoms with Crippen molar-refractivity contribution in [3.8, 4) is 0 Å². The van der Waals surface area contributed by atoms with Crippen LogP contribution in [0, 0.1) is 5.92 Å². The molecular formula is C19H23N3O3S. The summed E-state index contributed by atoms with van der Waals surface area (Å²) in [5, 5.41) is 5.41. The summed E-state index contributed by atoms with van der Waals surface area (Å²) in [6, 6.07) is 6.35. The van der Waals surface area contributed by atoms with Crippen LogP contribution in [0.1, 0.15) is 46.2 Å². The fourth-order valence-electron chi connectivity index (χ4n) is 3.14. The highest BCUT2D eigenvalue weighted by atomic mass is 32.1. The maximum atomic E-state index is 12.3. The summed E-state index contributed by atoms with van der Waals surface area (Å²) in [4.78, 5) is 30.7. The molecule has 1 fully saturated rings. The van der Waals surface area contributed by atoms with E-state index in [0.29, 0.717) is 16.3 Å². The third-order valence-corrected chi connectivity index (χ3v) is 5.27. The summed E-state index contributed by atoms with van der Waals surface area (Å²) < 4.78 is 4.65. The first-order valence-corrected chi connectivity index (χ1v) is 9.59. The number of carbonyl (C=O) groups is 2. The van der Waals surface area contributed by atoms with Gasteiger partial charge in [-0.05, 0) is 49.6 Å². The van der Waals surface area contributed by atoms with Crippen molar-refractivity contribution in [2.75, 3.05) is 25.5 Å². The van der Waals surface area contributed by atoms with Crippen molar-refractivity contribution in [2.45, 2.75) is 26.3 Å². The van der Waals surface area contributed by atoms with Crippen molar-refractivity contribution in [3.05, 3.63) is 46.5 Å². The summed E-state index contributed by atoms with van der Waals surface area (Å²) in [7, 11) is 1.33. The van der Waals surface area contributed by atoms with Crippen LogP contribution in [0.4, 0.5) is 5.13 Å². The molecule has 0 aliphatic carbocycles. The van der Waals surface area contributed by atoms with E-state index in [1.807, 2.05) is 5.38 Å². The number of hydrogen-bond acceptors (Lipinski definition) is 6. The van der Waals surface area contributed by atoms with Crippen molar-refractivity contribution in [1.29, 1.82) is 0 Å². The molecule has 138 valence electrons. The van der Waals surface area contributed by atoms with Crippen molar-refractivity contribution in [2.24, 2.45) is 5.92 Å². The Kier molecular flexibility index (Phi) is 6.00. The number of thiazole rings is 1. The van der Waals surface area contributed by atoms with Gasteiger partial charge in [0.2, 0.25) is 0 Å². The topological polar surface area (TPSA) is 71.5 Å². The maximum absolute atomic E-state index is 12.3. The highest BCUT2D eigenvalue weighted by Crippen LogP contribution is 2.21. The lowest BCUT2D eigenvalue weighted by molar-refractivity contribution is 0.0600. The number of amides is 1. The van der Waals surface area contributed by atoms with E-state index in [0.717, 1.165) is 31.2 Å². The van der Waals surface area contributed by atoms with E-state index >= 15 is 0 Å². The van der Waals surface area contributed by atoms with Gasteiger partial charge in [0.15, 0.2) is 5.13 Å². The molecule has 0 spiro atoms. The molecule has 26 heavy (non-hydrogen) atoms. The summed E-state index contributed by atoms with van der Waals surface area (Å²) >= 11 is 1.43. The number of ether oxygens (including phenoxy) is 1. The Morgan fingerprint density at radius 2 is 2.04 bits per heavy atom. The highest BCUT2D eigenvalue weighted by molar-refractivity contribution is 7.13. The molecule has 0 bridgehead atoms. The molecule has 1 aromatic heterocycles. The van der Waals surface area contributed by atoms with Gasteiger partial charge in [0.05, 0.1) is 18.4 Å². The molecule has 3 rings (SSSR count). The number of rotatable bonds is 5. The average molecular weight is 373 g/mol. The van der Waals surface area contributed by atoms with Crippen LogP contribution in [0.5, 0.6) is 0 Å². The normalized spacial score (nSPS) is 17.7. The van der Waals surface area contributed by atoms with Crippen LogP contribution < -0.4 is 5.32 Å². The number of nitrogens with one attached hydrogen (secondary N) is 1. The van der Waals surface area contributed by atoms with Gasteiger partial charge < -0.3 is 4.74 Å². The Morgan fingerprint density at radius 3 is 2.73 bits per heavy atom. The Bertz CT molecular complexity index is 773. The number of hydrogen-bond donors (Lipinski definition) is 1. The van der Waals surface area contributed by atoms with E-state index in [1.54, 1.807) is 24.3 Å². The largest absolute Gasteiger partial charge is 0.465 e. The molecule has 1 unspecified atom stereocenters. The van der Waals surface area contributed by atoms with E-state index in [9.17, 15) is 9.59 Å². The monoisotopic (exact) mass is 373 g/mol. The molecule has 2 heterocycles. The second-order valence-corrected chi connectivity index (χ2v) is 7.51. The zero-order valence-electron chi connectivity index (χ0n) is 15.0. The minimum atomic E-state index is -0.423. The van der Waals surface area contributed by atoms with Crippen molar-refractivity contribution in [1.82, 2.24) is 9.88 Å². The van der Waals surface area contributed by atoms with Crippen LogP contribution >= 0.6 is 11.3 Å². The number of piperidine rings is 1. The molecule has 1 amide bonds. The highest BCUT2D eigenvalue weighted by Gasteiger charge is 2.18. The van der Waals surface area contributed by atoms with E-state index in [2.05, 4.69) is 26.9 Å². The summed E-state index contributed by atoms with van der Waals surface area (Å²) in [5.74, 6) is 0.0667. The molecule has 1 N–H and O–H groups in total. The molecular weight excluding hydrogens is 350 g/mol. The van der Waals surface area contributed by atoms with Gasteiger partial charge in [-0.3, -0.25) is 15.0 Å². The maximum Gasteiger partial charge on any atom is 0.337 e. The van der Waals surface area contributed by atoms with Crippen LogP contribution in [0.3, 0.4) is 0 Å². The number of benzene rings is 1. The molecule has 7 heteroatoms. The van der Waals surface area contributed by atoms with Crippen molar-refractivity contribution >= 4 is 28.3 Å². The van der Waals surface area contributed by atoms with Crippen LogP contribution in [0.15, 0.2) is 29.6 Å². The van der Waals surface area contributed by atoms with E-state index in [1.165, 1.54) is 31.3 Å². The molecule has 6 nitrogen and oxygen atoms in total. The fraction of sp³-hybridized carbons (Fsp3) is 0.421. The summed E-state index contributed by atoms with van der Waals surface area (Å²) in [6.07, 6.45) is 2.53. The standard InChI is InChI=1S/C19H23N3O3S/c1-13-4-3-9-22(10-13)11-16-12-26-19(20-16)21-17(23)14-5-7-15(8-6-14)18(24)25-2/h5-8,12-13H,3-4,9-11H2,1-2H3,(H,20,21,23). The number of aromatic nitrogens is 1. The minimum absolute atomic E-state index is 0.242. The van der Waals surface area contributed by atoms with Gasteiger partial charge in [0.1, 0.15) is 0 Å². The van der Waals surface area contributed by atoms with Crippen LogP contribution in [-0.4, -0.2) is 42.0 Å². The summed E-state index contributed by atoms with van der Waals surface area (Å²) in [6.45, 7) is 5.32. The number of esters is 1. The summed E-state index contributed by atoms with van der Waals surface area (Å²) in [5.41, 5.74) is 1.87. The van der Waals surface area contributed by atoms with E-state index < -0.39 is 5.97 Å². The number of methoxy groups -OCH3 is 1. The predicted molar refractivity (Wildman–Crippen MR) is 102 cm³/mol. The van der Waals surface area contributed by atoms with Crippen LogP contribution in [-0.2, 0) is 11.3 Å². The van der Waals surface area contributed by atoms with Gasteiger partial charge in [0.25, 0.3) is 5.91 Å². The molecule has 1 aliphatic heterocycles. The lowest BCUT2D eigenvalue weighted by Gasteiger charge is -2.30. The Hall–Kier alpha value is -2.25. The van der Waals surface area contributed by atoms with Gasteiger partial charge in [-0.25, -0.2) is 9.78 Å². The molecule has 0 saturated carbocycles. The first-order chi connectivity index (χ1) is 12.5. The van der Waals surface area contributed by atoms with Crippen molar-refractivity contribution < 1.29 is 14.3 Å². The van der Waals surface area contributed by atoms with E-state index in [4.69, 9.17) is 0 Å². The van der Waals surface area contributed by atoms with Crippen LogP contribution in [0.25, 0.3) is 0 Å². The Labute approximate surface area is 157 Å². The zero-order valence-corrected chi connectivity index (χ0v) is 15.8. The zero-order chi connectivity index (χ0) is 18.5. The molecule has 1 aliphatic rings. The second kappa shape index (κ2) is 8.42. The van der Waals surface area contributed by atoms with E-state index in [-0.39, 0.29) is 5.91 Å². The molecule has 1 aromatic carbocycles. The molecule has 1 saturated heterocycles. The van der Waals surface area contributed by atoms with Gasteiger partial charge in [0, 0.05) is 24.0 Å². The van der Waals surface area contributed by atoms with Gasteiger partial charge >= 0.3 is 5.97 Å². The molecule has 0 radical (unpaired) electrons. The number of carbonyl (C=O) groups excluding carboxylic acids is 2. The smallest absolute Gasteiger partial charge is 0.337 e. The molecule has 1 atom stereocenters. The van der Waals surface area contributed by atoms with Gasteiger partial charge in [-0.15, -0.1) is 11.3 Å². The lowest BCUT2D eigenvalue weighted by atomic mass is 10.0. The average Bonchev–Trinajstić information content (AvgIpc) is 3.08. The first kappa shape index (κ1) is 18.5. The first-order valence-electron chi connectivity index (χ1n) is 8.71. The Morgan fingerprint density at radius 1 is 1.31 bits per heavy atom. The minimum Gasteiger partial charge on any atom is -0.465 e. The molecule has 2 aromatic rings. The fourth-order valence-corrected chi connectivity index (χ4v) is 3.84. The van der Waals surface area contributed by atoms with Gasteiger partial charge in [-0.1, -0.05) is 6.92 Å². The third-order valence-electron chi connectivity index (χ3n) is 4.47. The van der Waals surface area contributed by atoms with Gasteiger partial charge in [-0.2, -0.15) is 0 Å². The quantitative estimate of drug-likeness (QED) is 0.813. The number of likely N-dealkylation sites (tertiary alicyclic amines) is 1. The van der Waals surface area contributed by atoms with Crippen molar-refractivity contribution in [3.63, 3.8) is 0 Å². The third kappa shape index (κ3) is 4.68.